The van der Waals surface area contributed by atoms with E-state index in [1.165, 1.54) is 14.2 Å². The van der Waals surface area contributed by atoms with E-state index in [0.29, 0.717) is 24.6 Å². The molecule has 7 nitrogen and oxygen atoms in total. The van der Waals surface area contributed by atoms with Gasteiger partial charge in [-0.15, -0.1) is 0 Å². The Morgan fingerprint density at radius 2 is 1.80 bits per heavy atom. The summed E-state index contributed by atoms with van der Waals surface area (Å²) in [6, 6.07) is 3.42. The molecule has 0 aromatic heterocycles. The lowest BCUT2D eigenvalue weighted by Crippen LogP contribution is -2.83. The number of rotatable bonds is 8. The third-order valence-corrected chi connectivity index (χ3v) is 3.23. The number of ether oxygens (including phenoxy) is 2. The Bertz CT molecular complexity index is 520. The summed E-state index contributed by atoms with van der Waals surface area (Å²) in [6.45, 7) is 1.40. The summed E-state index contributed by atoms with van der Waals surface area (Å²) >= 11 is 0. The van der Waals surface area contributed by atoms with Crippen LogP contribution < -0.4 is 14.8 Å². The second kappa shape index (κ2) is 7.32. The number of benzene rings is 1. The van der Waals surface area contributed by atoms with Gasteiger partial charge in [0.15, 0.2) is 11.5 Å². The van der Waals surface area contributed by atoms with Crippen molar-refractivity contribution in [3.05, 3.63) is 22.4 Å². The quantitative estimate of drug-likeness (QED) is 0.648. The fraction of sp³-hybridized carbons (Fsp3) is 0.500. The van der Waals surface area contributed by atoms with Crippen molar-refractivity contribution in [2.75, 3.05) is 33.6 Å². The minimum absolute atomic E-state index is 0.0363. The maximum Gasteiger partial charge on any atom is 0.200 e. The van der Waals surface area contributed by atoms with Crippen molar-refractivity contribution in [2.24, 2.45) is 0 Å². The molecule has 0 aliphatic heterocycles. The smallest absolute Gasteiger partial charge is 0.200 e. The first-order valence-corrected chi connectivity index (χ1v) is 7.86. The molecule has 0 heterocycles. The molecule has 8 heteroatoms. The van der Waals surface area contributed by atoms with Gasteiger partial charge in [0.2, 0.25) is 5.75 Å². The monoisotopic (exact) mass is 304 g/mol. The molecule has 20 heavy (non-hydrogen) atoms. The summed E-state index contributed by atoms with van der Waals surface area (Å²) in [5, 5.41) is 11.7. The Kier molecular flexibility index (Phi) is 6.05. The summed E-state index contributed by atoms with van der Waals surface area (Å²) in [5.74, 6) is 0.646. The standard InChI is InChI=1S/C12H19N2O5S/c1-18-10-6-9(7-11(19-2)12(10)15)8-13-4-5-14-20(3,16)17/h6-7,13,15H,4-5,8H2,1-3H3/q-1/p+1. The molecule has 1 rings (SSSR count). The highest BCUT2D eigenvalue weighted by Crippen LogP contribution is 2.36. The topological polar surface area (TPSA) is 104 Å². The zero-order valence-electron chi connectivity index (χ0n) is 11.8. The molecule has 0 atom stereocenters. The van der Waals surface area contributed by atoms with Gasteiger partial charge in [0.25, 0.3) is 0 Å². The van der Waals surface area contributed by atoms with E-state index in [1.807, 2.05) is 5.32 Å². The first-order chi connectivity index (χ1) is 9.37. The van der Waals surface area contributed by atoms with Gasteiger partial charge in [0, 0.05) is 11.8 Å². The van der Waals surface area contributed by atoms with Crippen molar-refractivity contribution in [3.63, 3.8) is 0 Å². The van der Waals surface area contributed by atoms with E-state index in [9.17, 15) is 13.5 Å². The van der Waals surface area contributed by atoms with E-state index in [0.717, 1.165) is 11.8 Å². The van der Waals surface area contributed by atoms with Crippen LogP contribution in [0.3, 0.4) is 0 Å². The van der Waals surface area contributed by atoms with Crippen LogP contribution in [-0.4, -0.2) is 47.1 Å². The Hall–Kier alpha value is -1.51. The third kappa shape index (κ3) is 5.24. The summed E-state index contributed by atoms with van der Waals surface area (Å²) in [7, 11) is -0.334. The fourth-order valence-corrected chi connectivity index (χ4v) is 2.08. The molecule has 1 aromatic rings. The van der Waals surface area contributed by atoms with Gasteiger partial charge in [-0.05, 0) is 12.1 Å². The maximum absolute atomic E-state index is 10.8. The van der Waals surface area contributed by atoms with Crippen LogP contribution in [0.1, 0.15) is 5.56 Å². The number of hydrogen-bond donors (Lipinski definition) is 2. The van der Waals surface area contributed by atoms with Gasteiger partial charge in [-0.1, -0.05) is 6.54 Å². The Balaban J connectivity index is 2.56. The lowest BCUT2D eigenvalue weighted by Gasteiger charge is -2.15. The zero-order chi connectivity index (χ0) is 15.2. The molecule has 0 spiro atoms. The molecule has 0 aliphatic rings. The largest absolute Gasteiger partial charge is 0.545 e. The first-order valence-electron chi connectivity index (χ1n) is 6.01. The molecule has 114 valence electrons. The zero-order valence-corrected chi connectivity index (χ0v) is 12.6. The molecule has 0 fully saturated rings. The summed E-state index contributed by atoms with van der Waals surface area (Å²) in [5.41, 5.74) is 0.899. The highest BCUT2D eigenvalue weighted by Gasteiger charge is 2.11. The van der Waals surface area contributed by atoms with Crippen LogP contribution in [0.25, 0.3) is 4.72 Å². The van der Waals surface area contributed by atoms with Crippen LogP contribution in [0, 0.1) is 0 Å². The molecule has 0 aliphatic carbocycles. The number of hydrogen-bond acceptors (Lipinski definition) is 5. The molecule has 0 amide bonds. The second-order valence-electron chi connectivity index (χ2n) is 4.22. The summed E-state index contributed by atoms with van der Waals surface area (Å²) < 4.78 is 35.3. The molecule has 0 saturated heterocycles. The van der Waals surface area contributed by atoms with Crippen LogP contribution in [0.15, 0.2) is 12.1 Å². The number of phenolic OH excluding ortho intramolecular Hbond substituents is 1. The number of quaternary nitrogens is 1. The summed E-state index contributed by atoms with van der Waals surface area (Å²) in [6.07, 6.45) is 1.07. The van der Waals surface area contributed by atoms with E-state index in [1.54, 1.807) is 12.1 Å². The maximum atomic E-state index is 10.8. The average molecular weight is 304 g/mol. The Morgan fingerprint density at radius 1 is 1.25 bits per heavy atom. The van der Waals surface area contributed by atoms with Crippen molar-refractivity contribution < 1.29 is 28.3 Å². The number of sulfonamides is 1. The predicted molar refractivity (Wildman–Crippen MR) is 74.8 cm³/mol. The summed E-state index contributed by atoms with van der Waals surface area (Å²) in [4.78, 5) is 0. The van der Waals surface area contributed by atoms with E-state index in [4.69, 9.17) is 9.47 Å². The molecule has 0 bridgehead atoms. The normalized spacial score (nSPS) is 11.3. The molecule has 3 N–H and O–H groups in total. The van der Waals surface area contributed by atoms with Gasteiger partial charge >= 0.3 is 0 Å². The number of nitrogens with zero attached hydrogens (tertiary/aromatic N) is 1. The number of aromatic hydroxyl groups is 1. The number of phenols is 1. The minimum atomic E-state index is -3.26. The van der Waals surface area contributed by atoms with Gasteiger partial charge in [0.05, 0.1) is 30.8 Å². The van der Waals surface area contributed by atoms with E-state index in [2.05, 4.69) is 4.72 Å². The molecule has 0 saturated carbocycles. The van der Waals surface area contributed by atoms with E-state index in [-0.39, 0.29) is 12.3 Å². The van der Waals surface area contributed by atoms with Crippen LogP contribution in [0.5, 0.6) is 17.2 Å². The van der Waals surface area contributed by atoms with Gasteiger partial charge < -0.3 is 24.6 Å². The number of nitrogens with two attached hydrogens (primary N) is 1. The Labute approximate surface area is 119 Å². The van der Waals surface area contributed by atoms with Crippen molar-refractivity contribution in [2.45, 2.75) is 6.54 Å². The number of methoxy groups -OCH3 is 2. The predicted octanol–water partition coefficient (Wildman–Crippen LogP) is -0.194. The van der Waals surface area contributed by atoms with Gasteiger partial charge in [0.1, 0.15) is 6.54 Å². The fourth-order valence-electron chi connectivity index (χ4n) is 1.64. The van der Waals surface area contributed by atoms with Crippen LogP contribution >= 0.6 is 0 Å². The second-order valence-corrected chi connectivity index (χ2v) is 5.94. The minimum Gasteiger partial charge on any atom is -0.545 e. The van der Waals surface area contributed by atoms with E-state index >= 15 is 0 Å². The average Bonchev–Trinajstić information content (AvgIpc) is 2.38. The third-order valence-electron chi connectivity index (χ3n) is 2.58. The highest BCUT2D eigenvalue weighted by atomic mass is 32.2. The van der Waals surface area contributed by atoms with Gasteiger partial charge in [-0.25, -0.2) is 8.42 Å². The SMILES string of the molecule is COc1cc(C[NH2+]CC[N-]S(C)(=O)=O)cc(OC)c1O. The van der Waals surface area contributed by atoms with Gasteiger partial charge in [-0.3, -0.25) is 0 Å². The van der Waals surface area contributed by atoms with Crippen LogP contribution in [-0.2, 0) is 16.6 Å². The molecular formula is C12H20N2O5S. The molecule has 0 radical (unpaired) electrons. The van der Waals surface area contributed by atoms with Crippen molar-refractivity contribution >= 4 is 10.0 Å². The first kappa shape index (κ1) is 16.5. The van der Waals surface area contributed by atoms with Crippen molar-refractivity contribution in [3.8, 4) is 17.2 Å². The lowest BCUT2D eigenvalue weighted by atomic mass is 10.2. The Morgan fingerprint density at radius 3 is 2.25 bits per heavy atom. The lowest BCUT2D eigenvalue weighted by molar-refractivity contribution is -0.667. The van der Waals surface area contributed by atoms with Crippen LogP contribution in [0.2, 0.25) is 0 Å². The molecular weight excluding hydrogens is 284 g/mol. The van der Waals surface area contributed by atoms with Gasteiger partial charge in [-0.2, -0.15) is 0 Å². The van der Waals surface area contributed by atoms with Crippen molar-refractivity contribution in [1.82, 2.24) is 0 Å². The molecule has 0 unspecified atom stereocenters. The van der Waals surface area contributed by atoms with Crippen molar-refractivity contribution in [1.29, 1.82) is 0 Å². The van der Waals surface area contributed by atoms with E-state index < -0.39 is 10.0 Å². The highest BCUT2D eigenvalue weighted by molar-refractivity contribution is 7.93. The molecule has 1 aromatic carbocycles. The van der Waals surface area contributed by atoms with Crippen LogP contribution in [0.4, 0.5) is 0 Å².